The molecule has 1 aromatic carbocycles. The number of hydrogen-bond donors (Lipinski definition) is 1. The Morgan fingerprint density at radius 3 is 2.56 bits per heavy atom. The Kier molecular flexibility index (Phi) is 3.75. The summed E-state index contributed by atoms with van der Waals surface area (Å²) < 4.78 is 26.4. The van der Waals surface area contributed by atoms with Crippen molar-refractivity contribution in [3.8, 4) is 0 Å². The maximum Gasteiger partial charge on any atom is 0.306 e. The second-order valence-electron chi connectivity index (χ2n) is 4.58. The summed E-state index contributed by atoms with van der Waals surface area (Å²) in [5, 5.41) is 8.87. The maximum atomic E-state index is 13.4. The lowest BCUT2D eigenvalue weighted by Crippen LogP contribution is -2.17. The Balaban J connectivity index is 2.11. The van der Waals surface area contributed by atoms with Gasteiger partial charge in [-0.2, -0.15) is 0 Å². The van der Waals surface area contributed by atoms with E-state index in [1.807, 2.05) is 0 Å². The molecule has 2 rings (SSSR count). The fourth-order valence-corrected chi connectivity index (χ4v) is 2.23. The second kappa shape index (κ2) is 5.29. The van der Waals surface area contributed by atoms with E-state index in [2.05, 4.69) is 0 Å². The van der Waals surface area contributed by atoms with Crippen LogP contribution in [0.2, 0.25) is 0 Å². The van der Waals surface area contributed by atoms with E-state index < -0.39 is 17.6 Å². The van der Waals surface area contributed by atoms with Crippen molar-refractivity contribution in [2.24, 2.45) is 5.92 Å². The molecule has 0 bridgehead atoms. The summed E-state index contributed by atoms with van der Waals surface area (Å²) in [5.41, 5.74) is 1.22. The summed E-state index contributed by atoms with van der Waals surface area (Å²) in [6.45, 7) is 0. The summed E-state index contributed by atoms with van der Waals surface area (Å²) >= 11 is 0. The van der Waals surface area contributed by atoms with Gasteiger partial charge in [0.05, 0.1) is 5.92 Å². The SMILES string of the molecule is O=C(O)C1CCC(=Cc2cc(F)ccc2F)CC1. The Labute approximate surface area is 104 Å². The number of rotatable bonds is 2. The van der Waals surface area contributed by atoms with Crippen LogP contribution in [0.4, 0.5) is 8.78 Å². The van der Waals surface area contributed by atoms with Crippen molar-refractivity contribution in [1.29, 1.82) is 0 Å². The zero-order chi connectivity index (χ0) is 13.1. The number of allylic oxidation sites excluding steroid dienone is 1. The van der Waals surface area contributed by atoms with Crippen molar-refractivity contribution < 1.29 is 18.7 Å². The molecule has 1 aromatic rings. The van der Waals surface area contributed by atoms with Gasteiger partial charge >= 0.3 is 5.97 Å². The molecule has 1 N–H and O–H groups in total. The van der Waals surface area contributed by atoms with Crippen molar-refractivity contribution in [2.75, 3.05) is 0 Å². The van der Waals surface area contributed by atoms with Gasteiger partial charge < -0.3 is 5.11 Å². The fraction of sp³-hybridized carbons (Fsp3) is 0.357. The van der Waals surface area contributed by atoms with E-state index in [0.29, 0.717) is 25.7 Å². The number of carboxylic acid groups (broad SMARTS) is 1. The molecular formula is C14H14F2O2. The molecule has 0 radical (unpaired) electrons. The molecule has 1 aliphatic rings. The molecule has 2 nitrogen and oxygen atoms in total. The number of hydrogen-bond acceptors (Lipinski definition) is 1. The Morgan fingerprint density at radius 2 is 1.94 bits per heavy atom. The lowest BCUT2D eigenvalue weighted by molar-refractivity contribution is -0.142. The normalized spacial score (nSPS) is 19.7. The molecule has 0 atom stereocenters. The predicted octanol–water partition coefficient (Wildman–Crippen LogP) is 3.62. The van der Waals surface area contributed by atoms with Crippen LogP contribution < -0.4 is 0 Å². The molecule has 1 aliphatic carbocycles. The van der Waals surface area contributed by atoms with E-state index in [1.165, 1.54) is 0 Å². The maximum absolute atomic E-state index is 13.4. The summed E-state index contributed by atoms with van der Waals surface area (Å²) in [5.74, 6) is -2.00. The number of aliphatic carboxylic acids is 1. The van der Waals surface area contributed by atoms with Crippen molar-refractivity contribution in [3.63, 3.8) is 0 Å². The number of benzene rings is 1. The molecule has 0 spiro atoms. The Morgan fingerprint density at radius 1 is 1.28 bits per heavy atom. The van der Waals surface area contributed by atoms with Crippen LogP contribution in [0.5, 0.6) is 0 Å². The molecule has 0 amide bonds. The minimum Gasteiger partial charge on any atom is -0.481 e. The predicted molar refractivity (Wildman–Crippen MR) is 63.9 cm³/mol. The smallest absolute Gasteiger partial charge is 0.306 e. The highest BCUT2D eigenvalue weighted by molar-refractivity contribution is 5.70. The van der Waals surface area contributed by atoms with Crippen LogP contribution in [0, 0.1) is 17.6 Å². The van der Waals surface area contributed by atoms with Crippen LogP contribution in [0.15, 0.2) is 23.8 Å². The molecule has 0 aliphatic heterocycles. The monoisotopic (exact) mass is 252 g/mol. The topological polar surface area (TPSA) is 37.3 Å². The first-order chi connectivity index (χ1) is 8.56. The van der Waals surface area contributed by atoms with Gasteiger partial charge in [0.25, 0.3) is 0 Å². The van der Waals surface area contributed by atoms with E-state index in [4.69, 9.17) is 5.11 Å². The highest BCUT2D eigenvalue weighted by atomic mass is 19.1. The number of carboxylic acids is 1. The van der Waals surface area contributed by atoms with Gasteiger partial charge in [-0.05, 0) is 43.9 Å². The van der Waals surface area contributed by atoms with E-state index in [-0.39, 0.29) is 11.5 Å². The van der Waals surface area contributed by atoms with Crippen LogP contribution in [0.1, 0.15) is 31.2 Å². The van der Waals surface area contributed by atoms with Crippen LogP contribution in [-0.2, 0) is 4.79 Å². The fourth-order valence-electron chi connectivity index (χ4n) is 2.23. The Bertz CT molecular complexity index is 485. The molecule has 1 saturated carbocycles. The van der Waals surface area contributed by atoms with Crippen molar-refractivity contribution in [1.82, 2.24) is 0 Å². The van der Waals surface area contributed by atoms with E-state index in [0.717, 1.165) is 23.8 Å². The van der Waals surface area contributed by atoms with Gasteiger partial charge in [-0.3, -0.25) is 4.79 Å². The third-order valence-corrected chi connectivity index (χ3v) is 3.29. The number of halogens is 2. The minimum atomic E-state index is -0.772. The lowest BCUT2D eigenvalue weighted by atomic mass is 9.85. The van der Waals surface area contributed by atoms with Crippen molar-refractivity contribution in [3.05, 3.63) is 41.0 Å². The molecule has 1 fully saturated rings. The zero-order valence-electron chi connectivity index (χ0n) is 9.83. The molecular weight excluding hydrogens is 238 g/mol. The highest BCUT2D eigenvalue weighted by Crippen LogP contribution is 2.30. The molecule has 96 valence electrons. The molecule has 0 unspecified atom stereocenters. The van der Waals surface area contributed by atoms with E-state index in [1.54, 1.807) is 6.08 Å². The lowest BCUT2D eigenvalue weighted by Gasteiger charge is -2.20. The van der Waals surface area contributed by atoms with Gasteiger partial charge in [0.1, 0.15) is 11.6 Å². The molecule has 0 saturated heterocycles. The molecule has 0 aromatic heterocycles. The number of carbonyl (C=O) groups is 1. The van der Waals surface area contributed by atoms with Gasteiger partial charge in [-0.25, -0.2) is 8.78 Å². The first-order valence-electron chi connectivity index (χ1n) is 5.93. The van der Waals surface area contributed by atoms with Crippen LogP contribution in [0.25, 0.3) is 6.08 Å². The second-order valence-corrected chi connectivity index (χ2v) is 4.58. The summed E-state index contributed by atoms with van der Waals surface area (Å²) in [6, 6.07) is 3.34. The zero-order valence-corrected chi connectivity index (χ0v) is 9.83. The van der Waals surface area contributed by atoms with Gasteiger partial charge in [0.15, 0.2) is 0 Å². The average molecular weight is 252 g/mol. The molecule has 0 heterocycles. The van der Waals surface area contributed by atoms with E-state index >= 15 is 0 Å². The van der Waals surface area contributed by atoms with Gasteiger partial charge in [-0.1, -0.05) is 11.6 Å². The van der Waals surface area contributed by atoms with Gasteiger partial charge in [-0.15, -0.1) is 0 Å². The van der Waals surface area contributed by atoms with E-state index in [9.17, 15) is 13.6 Å². The van der Waals surface area contributed by atoms with Crippen LogP contribution >= 0.6 is 0 Å². The third-order valence-electron chi connectivity index (χ3n) is 3.29. The van der Waals surface area contributed by atoms with Gasteiger partial charge in [0, 0.05) is 5.56 Å². The van der Waals surface area contributed by atoms with Crippen molar-refractivity contribution in [2.45, 2.75) is 25.7 Å². The third kappa shape index (κ3) is 2.94. The quantitative estimate of drug-likeness (QED) is 0.872. The first kappa shape index (κ1) is 12.7. The summed E-state index contributed by atoms with van der Waals surface area (Å²) in [6.07, 6.45) is 4.03. The largest absolute Gasteiger partial charge is 0.481 e. The summed E-state index contributed by atoms with van der Waals surface area (Å²) in [4.78, 5) is 10.8. The molecule has 4 heteroatoms. The first-order valence-corrected chi connectivity index (χ1v) is 5.93. The Hall–Kier alpha value is -1.71. The highest BCUT2D eigenvalue weighted by Gasteiger charge is 2.22. The van der Waals surface area contributed by atoms with Crippen LogP contribution in [0.3, 0.4) is 0 Å². The molecule has 18 heavy (non-hydrogen) atoms. The average Bonchev–Trinajstić information content (AvgIpc) is 2.34. The standard InChI is InChI=1S/C14H14F2O2/c15-12-5-6-13(16)11(8-12)7-9-1-3-10(4-2-9)14(17)18/h5-8,10H,1-4H2,(H,17,18). The minimum absolute atomic E-state index is 0.235. The van der Waals surface area contributed by atoms with Gasteiger partial charge in [0.2, 0.25) is 0 Å². The van der Waals surface area contributed by atoms with Crippen molar-refractivity contribution >= 4 is 12.0 Å². The summed E-state index contributed by atoms with van der Waals surface area (Å²) in [7, 11) is 0. The van der Waals surface area contributed by atoms with Crippen LogP contribution in [-0.4, -0.2) is 11.1 Å².